The van der Waals surface area contributed by atoms with Crippen molar-refractivity contribution in [2.24, 2.45) is 82.3 Å². The number of aliphatic imine (C=N–C) groups is 5. The Kier molecular flexibility index (Phi) is 50.4. The molecule has 0 atom stereocenters. The molecule has 0 aliphatic rings. The third kappa shape index (κ3) is 43.5. The Morgan fingerprint density at radius 2 is 0.551 bits per heavy atom. The van der Waals surface area contributed by atoms with Crippen LogP contribution in [0, 0.1) is 44.5 Å². The van der Waals surface area contributed by atoms with Crippen molar-refractivity contribution in [2.45, 2.75) is 119 Å². The molecular formula is C85H95Cl3F3N21S15. The first-order valence-electron chi connectivity index (χ1n) is 37.6. The molecule has 42 heteroatoms. The minimum Gasteiger partial charge on any atom is -0.385 e. The molecule has 0 saturated heterocycles. The Balaban J connectivity index is 0.000000245. The van der Waals surface area contributed by atoms with Crippen molar-refractivity contribution < 1.29 is 13.2 Å². The Labute approximate surface area is 823 Å². The minimum absolute atomic E-state index is 0.0265. The number of thioether (sulfide) groups is 5. The molecule has 0 bridgehead atoms. The summed E-state index contributed by atoms with van der Waals surface area (Å²) in [5, 5.41) is 43.5. The summed E-state index contributed by atoms with van der Waals surface area (Å²) in [6, 6.07) is 61.4. The van der Waals surface area contributed by atoms with Crippen LogP contribution in [0.1, 0.15) is 62.6 Å². The molecule has 0 aliphatic carbocycles. The number of nitrogens with two attached hydrogens (primary N) is 10. The molecule has 0 spiro atoms. The number of aryl methyl sites for hydroxylation is 3. The number of hydrogen-bond acceptors (Lipinski definition) is 21. The quantitative estimate of drug-likeness (QED) is 0.00996. The zero-order valence-electron chi connectivity index (χ0n) is 68.0. The molecule has 0 aromatic heterocycles. The summed E-state index contributed by atoms with van der Waals surface area (Å²) in [6.07, 6.45) is 2.14. The van der Waals surface area contributed by atoms with Crippen molar-refractivity contribution in [2.75, 3.05) is 29.1 Å². The van der Waals surface area contributed by atoms with Crippen molar-refractivity contribution in [3.05, 3.63) is 288 Å². The molecule has 10 rings (SSSR count). The van der Waals surface area contributed by atoms with E-state index in [-0.39, 0.29) is 82.2 Å². The lowest BCUT2D eigenvalue weighted by atomic mass is 10.2. The van der Waals surface area contributed by atoms with E-state index in [1.54, 1.807) is 53.5 Å². The van der Waals surface area contributed by atoms with Crippen LogP contribution in [0.5, 0.6) is 0 Å². The summed E-state index contributed by atoms with van der Waals surface area (Å²) in [6.45, 7) is 4.75. The number of amidine groups is 10. The van der Waals surface area contributed by atoms with Crippen LogP contribution in [0.3, 0.4) is 0 Å². The van der Waals surface area contributed by atoms with Gasteiger partial charge in [0.15, 0.2) is 51.7 Å². The Morgan fingerprint density at radius 1 is 0.299 bits per heavy atom. The van der Waals surface area contributed by atoms with Crippen molar-refractivity contribution in [1.29, 1.82) is 27.0 Å². The Morgan fingerprint density at radius 3 is 0.929 bits per heavy atom. The van der Waals surface area contributed by atoms with Crippen LogP contribution in [0.2, 0.25) is 15.1 Å². The van der Waals surface area contributed by atoms with Crippen LogP contribution in [0.4, 0.5) is 18.9 Å². The smallest absolute Gasteiger partial charge is 0.151 e. The number of hydrogen-bond donors (Lipinski definition) is 21. The molecule has 0 amide bonds. The van der Waals surface area contributed by atoms with E-state index in [1.807, 2.05) is 91.0 Å². The van der Waals surface area contributed by atoms with Crippen molar-refractivity contribution in [3.8, 4) is 0 Å². The predicted molar refractivity (Wildman–Crippen MR) is 566 cm³/mol. The zero-order chi connectivity index (χ0) is 92.9. The topological polar surface area (TPSA) is 453 Å². The number of nitrogens with zero attached hydrogens (tertiary/aromatic N) is 5. The molecule has 0 fully saturated rings. The van der Waals surface area contributed by atoms with Gasteiger partial charge >= 0.3 is 0 Å². The second kappa shape index (κ2) is 59.1. The monoisotopic (exact) mass is 2050 g/mol. The van der Waals surface area contributed by atoms with Gasteiger partial charge in [-0.05, 0) is 227 Å². The summed E-state index contributed by atoms with van der Waals surface area (Å²) in [4.78, 5) is 30.9. The van der Waals surface area contributed by atoms with Crippen LogP contribution < -0.4 is 62.7 Å². The van der Waals surface area contributed by atoms with E-state index >= 15 is 0 Å². The lowest BCUT2D eigenvalue weighted by Gasteiger charge is -2.13. The molecule has 672 valence electrons. The van der Waals surface area contributed by atoms with Gasteiger partial charge in [0.2, 0.25) is 0 Å². The average molecular weight is 2060 g/mol. The van der Waals surface area contributed by atoms with Crippen LogP contribution in [0.15, 0.2) is 274 Å². The van der Waals surface area contributed by atoms with Gasteiger partial charge in [-0.2, -0.15) is 0 Å². The van der Waals surface area contributed by atoms with E-state index in [1.165, 1.54) is 129 Å². The summed E-state index contributed by atoms with van der Waals surface area (Å²) < 4.78 is 40.9. The normalized spacial score (nSPS) is 11.5. The number of nitrogens with one attached hydrogen (secondary N) is 6. The lowest BCUT2D eigenvalue weighted by molar-refractivity contribution is 0.623. The van der Waals surface area contributed by atoms with Gasteiger partial charge in [-0.25, -0.2) is 13.2 Å². The highest BCUT2D eigenvalue weighted by molar-refractivity contribution is 8.14. The van der Waals surface area contributed by atoms with E-state index in [0.29, 0.717) is 76.1 Å². The van der Waals surface area contributed by atoms with Crippen molar-refractivity contribution in [1.82, 2.24) is 0 Å². The molecule has 21 nitrogen and oxygen atoms in total. The second-order valence-corrected chi connectivity index (χ2v) is 40.2. The maximum atomic E-state index is 13.6. The van der Waals surface area contributed by atoms with Crippen LogP contribution in [-0.2, 0) is 63.5 Å². The van der Waals surface area contributed by atoms with E-state index in [0.717, 1.165) is 113 Å². The molecular weight excluding hydrogens is 1960 g/mol. The summed E-state index contributed by atoms with van der Waals surface area (Å²) in [5.41, 5.74) is 65.5. The number of anilines is 1. The molecule has 0 saturated carbocycles. The summed E-state index contributed by atoms with van der Waals surface area (Å²) in [5.74, 6) is 2.27. The summed E-state index contributed by atoms with van der Waals surface area (Å²) in [7, 11) is 0. The largest absolute Gasteiger partial charge is 0.385 e. The maximum absolute atomic E-state index is 13.6. The maximum Gasteiger partial charge on any atom is 0.151 e. The second-order valence-electron chi connectivity index (χ2n) is 25.8. The average Bonchev–Trinajstić information content (AvgIpc) is 0.850. The zero-order valence-corrected chi connectivity index (χ0v) is 83.0. The van der Waals surface area contributed by atoms with E-state index in [9.17, 15) is 13.2 Å². The SMILES string of the molecule is CCNc1ccc(Sc2ccccc2CSC(=N)N)c(CN=C(N)S)c1.N=C(N)SCCc1cc(Cl)ccc1Sc1ccc(F)cc1CN=C(N)S.N=C(N)SCCc1cc(F)ccc1Sc1ccc(F)cc1CN=C(N)S.N=C(N)SCCc1ccccc1Sc1ccccc1CN=C(N)S.N=C(N)SCc1cc(Cl)ccc1Sc1ccc(Cl)cc1CN=C(N)S. The van der Waals surface area contributed by atoms with Gasteiger partial charge in [0.25, 0.3) is 0 Å². The highest BCUT2D eigenvalue weighted by atomic mass is 35.5. The van der Waals surface area contributed by atoms with Gasteiger partial charge in [-0.3, -0.25) is 52.0 Å². The Hall–Kier alpha value is -7.39. The standard InChI is InChI=1S/C18H23N5S3.C17H18ClFN4S3.C17H18F2N4S3.C17H20N4S3.C16H16Cl2N4S3/c1-2-22-14-7-8-16(13(9-14)10-23-18(21)24)26-15-6-4-3-5-12(15)11-25-17(19)20;2*18-12-1-3-14(10(7-12)5-6-25-16(20)21)26-15-4-2-13(19)8-11(15)9-23-17(22)24;18-16(19)23-10-9-12-5-1-3-7-14(12)24-15-8-4-2-6-13(15)11-21-17(20)22;17-11-1-3-13(9(5-11)7-22-16(21)23)25-14-4-2-12(18)6-10(14)8-24-15(19)20/h3-9,22H,2,10-11H2,1H3,(H3,19,20)(H3,21,23,24);2*1-4,7-8H,5-6,9H2,(H3,20,21)(H3,22,23,24);1-8H,9-11H2,(H3,18,19)(H3,20,21,22);1-6H,7-8H2,(H3,19,20)(H3,21,22,23). The fraction of sp³-hybridized carbons (Fsp3) is 0.176. The van der Waals surface area contributed by atoms with Gasteiger partial charge in [-0.15, -0.1) is 63.1 Å². The molecule has 0 radical (unpaired) electrons. The first-order valence-corrected chi connectivity index (χ1v) is 50.0. The molecule has 0 unspecified atom stereocenters. The molecule has 26 N–H and O–H groups in total. The molecule has 0 heterocycles. The number of benzene rings is 10. The van der Waals surface area contributed by atoms with Gasteiger partial charge in [0.05, 0.1) is 32.7 Å². The van der Waals surface area contributed by atoms with Gasteiger partial charge in [0.1, 0.15) is 17.5 Å². The summed E-state index contributed by atoms with van der Waals surface area (Å²) >= 11 is 52.7. The van der Waals surface area contributed by atoms with Crippen LogP contribution >= 0.6 is 216 Å². The fourth-order valence-corrected chi connectivity index (χ4v) is 19.8. The fourth-order valence-electron chi connectivity index (χ4n) is 10.7. The van der Waals surface area contributed by atoms with Crippen LogP contribution in [0.25, 0.3) is 0 Å². The minimum atomic E-state index is -0.366. The predicted octanol–water partition coefficient (Wildman–Crippen LogP) is 21.5. The number of halogens is 6. The highest BCUT2D eigenvalue weighted by Crippen LogP contribution is 2.42. The first-order chi connectivity index (χ1) is 60.6. The number of rotatable bonds is 35. The first kappa shape index (κ1) is 108. The highest BCUT2D eigenvalue weighted by Gasteiger charge is 2.18. The van der Waals surface area contributed by atoms with E-state index < -0.39 is 0 Å². The van der Waals surface area contributed by atoms with Gasteiger partial charge < -0.3 is 62.7 Å². The van der Waals surface area contributed by atoms with Crippen molar-refractivity contribution >= 4 is 273 Å². The third-order valence-corrected chi connectivity index (χ3v) is 27.6. The van der Waals surface area contributed by atoms with E-state index in [4.69, 9.17) is 119 Å². The van der Waals surface area contributed by atoms with Crippen LogP contribution in [-0.4, -0.2) is 75.5 Å². The molecule has 10 aromatic rings. The van der Waals surface area contributed by atoms with Gasteiger partial charge in [-0.1, -0.05) is 207 Å². The molecule has 0 aliphatic heterocycles. The Bertz CT molecular complexity index is 5390. The third-order valence-electron chi connectivity index (χ3n) is 16.3. The molecule has 127 heavy (non-hydrogen) atoms. The lowest BCUT2D eigenvalue weighted by Crippen LogP contribution is -2.06. The number of thiol groups is 5. The van der Waals surface area contributed by atoms with E-state index in [2.05, 4.69) is 155 Å². The van der Waals surface area contributed by atoms with Crippen molar-refractivity contribution in [3.63, 3.8) is 0 Å². The van der Waals surface area contributed by atoms with Gasteiger partial charge in [0, 0.05) is 105 Å². The molecule has 10 aromatic carbocycles.